The maximum Gasteiger partial charge on any atom is 0.225 e. The number of carbonyl (C=O) groups is 1. The van der Waals surface area contributed by atoms with Crippen LogP contribution in [0.15, 0.2) is 0 Å². The largest absolute Gasteiger partial charge is 0.377 e. The average molecular weight is 304 g/mol. The highest BCUT2D eigenvalue weighted by Crippen LogP contribution is 2.31. The van der Waals surface area contributed by atoms with Crippen LogP contribution in [0.5, 0.6) is 0 Å². The quantitative estimate of drug-likeness (QED) is 0.810. The Morgan fingerprint density at radius 1 is 1.41 bits per heavy atom. The van der Waals surface area contributed by atoms with E-state index in [4.69, 9.17) is 4.74 Å². The van der Waals surface area contributed by atoms with Crippen molar-refractivity contribution in [2.75, 3.05) is 13.2 Å². The minimum absolute atomic E-state index is 0.0789. The van der Waals surface area contributed by atoms with Gasteiger partial charge in [-0.2, -0.15) is 0 Å². The molecule has 0 spiro atoms. The molecular formula is C13H22BrNO2. The van der Waals surface area contributed by atoms with E-state index in [9.17, 15) is 4.79 Å². The zero-order valence-corrected chi connectivity index (χ0v) is 12.0. The van der Waals surface area contributed by atoms with Crippen LogP contribution in [0.3, 0.4) is 0 Å². The van der Waals surface area contributed by atoms with E-state index in [1.165, 1.54) is 19.3 Å². The van der Waals surface area contributed by atoms with Gasteiger partial charge in [0.15, 0.2) is 0 Å². The lowest BCUT2D eigenvalue weighted by Crippen LogP contribution is -2.38. The summed E-state index contributed by atoms with van der Waals surface area (Å²) in [4.78, 5) is 12.7. The topological polar surface area (TPSA) is 38.3 Å². The number of halogens is 1. The third kappa shape index (κ3) is 3.22. The summed E-state index contributed by atoms with van der Waals surface area (Å²) in [6.07, 6.45) is 5.70. The molecule has 0 aromatic rings. The summed E-state index contributed by atoms with van der Waals surface area (Å²) in [7, 11) is 0. The summed E-state index contributed by atoms with van der Waals surface area (Å²) >= 11 is 3.69. The fraction of sp³-hybridized carbons (Fsp3) is 0.923. The lowest BCUT2D eigenvalue weighted by atomic mass is 9.98. The third-order valence-corrected chi connectivity index (χ3v) is 5.26. The monoisotopic (exact) mass is 303 g/mol. The van der Waals surface area contributed by atoms with Crippen LogP contribution in [0.2, 0.25) is 0 Å². The summed E-state index contributed by atoms with van der Waals surface area (Å²) in [6, 6.07) is 0. The molecule has 1 heterocycles. The van der Waals surface area contributed by atoms with Gasteiger partial charge in [0, 0.05) is 18.0 Å². The molecule has 2 aliphatic rings. The normalized spacial score (nSPS) is 37.3. The van der Waals surface area contributed by atoms with Gasteiger partial charge in [0.05, 0.1) is 12.0 Å². The zero-order valence-electron chi connectivity index (χ0n) is 10.5. The first kappa shape index (κ1) is 13.3. The van der Waals surface area contributed by atoms with Crippen LogP contribution in [0, 0.1) is 11.8 Å². The Morgan fingerprint density at radius 2 is 2.24 bits per heavy atom. The van der Waals surface area contributed by atoms with Gasteiger partial charge in [0.25, 0.3) is 0 Å². The van der Waals surface area contributed by atoms with Crippen LogP contribution in [-0.4, -0.2) is 30.0 Å². The van der Waals surface area contributed by atoms with E-state index in [0.29, 0.717) is 10.7 Å². The molecule has 4 heteroatoms. The number of ether oxygens (including phenoxy) is 1. The minimum Gasteiger partial charge on any atom is -0.377 e. The van der Waals surface area contributed by atoms with Crippen molar-refractivity contribution in [3.8, 4) is 0 Å². The first-order valence-electron chi connectivity index (χ1n) is 6.75. The minimum atomic E-state index is 0.0789. The van der Waals surface area contributed by atoms with E-state index < -0.39 is 0 Å². The molecule has 1 amide bonds. The van der Waals surface area contributed by atoms with Crippen LogP contribution < -0.4 is 5.32 Å². The van der Waals surface area contributed by atoms with E-state index in [0.717, 1.165) is 26.0 Å². The molecule has 17 heavy (non-hydrogen) atoms. The van der Waals surface area contributed by atoms with Crippen LogP contribution in [0.4, 0.5) is 0 Å². The van der Waals surface area contributed by atoms with E-state index in [-0.39, 0.29) is 17.9 Å². The van der Waals surface area contributed by atoms with Crippen molar-refractivity contribution >= 4 is 21.8 Å². The van der Waals surface area contributed by atoms with Gasteiger partial charge in [-0.25, -0.2) is 0 Å². The summed E-state index contributed by atoms with van der Waals surface area (Å²) < 4.78 is 5.56. The van der Waals surface area contributed by atoms with Crippen molar-refractivity contribution in [1.82, 2.24) is 5.32 Å². The number of carbonyl (C=O) groups excluding carboxylic acids is 1. The van der Waals surface area contributed by atoms with Gasteiger partial charge in [-0.05, 0) is 31.6 Å². The van der Waals surface area contributed by atoms with Crippen LogP contribution in [-0.2, 0) is 9.53 Å². The molecule has 4 unspecified atom stereocenters. The molecule has 1 saturated carbocycles. The Morgan fingerprint density at radius 3 is 2.88 bits per heavy atom. The van der Waals surface area contributed by atoms with Gasteiger partial charge < -0.3 is 10.1 Å². The highest BCUT2D eigenvalue weighted by atomic mass is 79.9. The molecular weight excluding hydrogens is 282 g/mol. The molecule has 0 bridgehead atoms. The Hall–Kier alpha value is -0.0900. The summed E-state index contributed by atoms with van der Waals surface area (Å²) in [6.45, 7) is 3.64. The van der Waals surface area contributed by atoms with Gasteiger partial charge >= 0.3 is 0 Å². The smallest absolute Gasteiger partial charge is 0.225 e. The highest BCUT2D eigenvalue weighted by molar-refractivity contribution is 9.09. The number of amides is 1. The molecule has 0 aromatic carbocycles. The van der Waals surface area contributed by atoms with Crippen LogP contribution in [0.1, 0.15) is 39.0 Å². The molecule has 1 saturated heterocycles. The van der Waals surface area contributed by atoms with Crippen molar-refractivity contribution in [2.24, 2.45) is 11.8 Å². The molecule has 4 atom stereocenters. The van der Waals surface area contributed by atoms with Gasteiger partial charge in [-0.15, -0.1) is 0 Å². The Bertz CT molecular complexity index is 272. The van der Waals surface area contributed by atoms with E-state index in [2.05, 4.69) is 28.2 Å². The Kier molecular flexibility index (Phi) is 4.86. The molecule has 1 aliphatic heterocycles. The molecule has 0 aromatic heterocycles. The highest BCUT2D eigenvalue weighted by Gasteiger charge is 2.33. The van der Waals surface area contributed by atoms with Crippen LogP contribution >= 0.6 is 15.9 Å². The summed E-state index contributed by atoms with van der Waals surface area (Å²) in [5, 5.41) is 3.11. The fourth-order valence-corrected chi connectivity index (χ4v) is 3.71. The maximum absolute atomic E-state index is 12.1. The Balaban J connectivity index is 1.77. The number of hydrogen-bond acceptors (Lipinski definition) is 2. The predicted octanol–water partition coefficient (Wildman–Crippen LogP) is 2.48. The SMILES string of the molecule is CCC1OCCC1C(=O)NCC1CCCC1Br. The van der Waals surface area contributed by atoms with E-state index in [1.807, 2.05) is 0 Å². The second-order valence-electron chi connectivity index (χ2n) is 5.16. The van der Waals surface area contributed by atoms with Crippen molar-refractivity contribution in [3.63, 3.8) is 0 Å². The second-order valence-corrected chi connectivity index (χ2v) is 6.34. The van der Waals surface area contributed by atoms with Gasteiger partial charge in [0.1, 0.15) is 0 Å². The van der Waals surface area contributed by atoms with Gasteiger partial charge in [0.2, 0.25) is 5.91 Å². The molecule has 2 fully saturated rings. The second kappa shape index (κ2) is 6.19. The van der Waals surface area contributed by atoms with Crippen molar-refractivity contribution in [3.05, 3.63) is 0 Å². The first-order chi connectivity index (χ1) is 8.22. The lowest BCUT2D eigenvalue weighted by Gasteiger charge is -2.19. The van der Waals surface area contributed by atoms with Crippen molar-refractivity contribution < 1.29 is 9.53 Å². The fourth-order valence-electron chi connectivity index (χ4n) is 2.94. The van der Waals surface area contributed by atoms with Crippen molar-refractivity contribution in [2.45, 2.75) is 50.0 Å². The lowest BCUT2D eigenvalue weighted by molar-refractivity contribution is -0.126. The van der Waals surface area contributed by atoms with E-state index >= 15 is 0 Å². The third-order valence-electron chi connectivity index (χ3n) is 4.05. The summed E-state index contributed by atoms with van der Waals surface area (Å²) in [5.41, 5.74) is 0. The molecule has 1 N–H and O–H groups in total. The number of alkyl halides is 1. The first-order valence-corrected chi connectivity index (χ1v) is 7.67. The summed E-state index contributed by atoms with van der Waals surface area (Å²) in [5.74, 6) is 0.887. The van der Waals surface area contributed by atoms with Gasteiger partial charge in [-0.3, -0.25) is 4.79 Å². The average Bonchev–Trinajstić information content (AvgIpc) is 2.94. The number of hydrogen-bond donors (Lipinski definition) is 1. The zero-order chi connectivity index (χ0) is 12.3. The number of nitrogens with one attached hydrogen (secondary N) is 1. The molecule has 2 rings (SSSR count). The Labute approximate surface area is 112 Å². The van der Waals surface area contributed by atoms with Crippen LogP contribution in [0.25, 0.3) is 0 Å². The standard InChI is InChI=1S/C13H22BrNO2/c1-2-12-10(6-7-17-12)13(16)15-8-9-4-3-5-11(9)14/h9-12H,2-8H2,1H3,(H,15,16). The molecule has 98 valence electrons. The maximum atomic E-state index is 12.1. The predicted molar refractivity (Wildman–Crippen MR) is 71.2 cm³/mol. The molecule has 3 nitrogen and oxygen atoms in total. The number of rotatable bonds is 4. The van der Waals surface area contributed by atoms with Crippen molar-refractivity contribution in [1.29, 1.82) is 0 Å². The van der Waals surface area contributed by atoms with Gasteiger partial charge in [-0.1, -0.05) is 29.3 Å². The molecule has 0 radical (unpaired) electrons. The molecule has 1 aliphatic carbocycles. The van der Waals surface area contributed by atoms with E-state index in [1.54, 1.807) is 0 Å².